The maximum Gasteiger partial charge on any atom is 0.311 e. The molecule has 3 amide bonds. The number of nitrogens with one attached hydrogen (secondary N) is 2. The van der Waals surface area contributed by atoms with Crippen LogP contribution in [0.4, 0.5) is 5.69 Å². The summed E-state index contributed by atoms with van der Waals surface area (Å²) >= 11 is 5.92. The van der Waals surface area contributed by atoms with E-state index >= 15 is 0 Å². The Balaban J connectivity index is 1.51. The van der Waals surface area contributed by atoms with Crippen molar-refractivity contribution in [1.82, 2.24) is 10.4 Å². The minimum absolute atomic E-state index is 0.0235. The first kappa shape index (κ1) is 22.3. The normalized spacial score (nSPS) is 15.5. The van der Waals surface area contributed by atoms with Gasteiger partial charge in [-0.05, 0) is 43.2 Å². The zero-order valence-corrected chi connectivity index (χ0v) is 17.9. The number of rotatable bonds is 6. The number of esters is 1. The lowest BCUT2D eigenvalue weighted by Gasteiger charge is -2.18. The van der Waals surface area contributed by atoms with Crippen LogP contribution < -0.4 is 10.7 Å². The SMILES string of the molecule is Cc1ccc(Cl)cc1NC(=O)COC(=O)[C@@H]1CC(=O)N(NC(=O)c2ccccc2C)C1. The molecule has 3 rings (SSSR count). The first-order chi connectivity index (χ1) is 14.7. The monoisotopic (exact) mass is 443 g/mol. The Morgan fingerprint density at radius 2 is 1.87 bits per heavy atom. The third-order valence-corrected chi connectivity index (χ3v) is 5.14. The van der Waals surface area contributed by atoms with E-state index in [2.05, 4.69) is 10.7 Å². The Labute approximate surface area is 184 Å². The summed E-state index contributed by atoms with van der Waals surface area (Å²) in [6.45, 7) is 3.08. The van der Waals surface area contributed by atoms with Gasteiger partial charge in [-0.1, -0.05) is 35.9 Å². The molecular weight excluding hydrogens is 422 g/mol. The van der Waals surface area contributed by atoms with E-state index in [1.54, 1.807) is 43.3 Å². The maximum absolute atomic E-state index is 12.4. The molecular formula is C22H22ClN3O5. The topological polar surface area (TPSA) is 105 Å². The first-order valence-corrected chi connectivity index (χ1v) is 10.0. The van der Waals surface area contributed by atoms with E-state index in [1.165, 1.54) is 0 Å². The number of hydrogen-bond donors (Lipinski definition) is 2. The van der Waals surface area contributed by atoms with Crippen molar-refractivity contribution in [2.24, 2.45) is 5.92 Å². The van der Waals surface area contributed by atoms with E-state index in [0.29, 0.717) is 16.3 Å². The van der Waals surface area contributed by atoms with Gasteiger partial charge in [0.05, 0.1) is 12.5 Å². The molecule has 0 spiro atoms. The molecule has 0 aliphatic carbocycles. The number of hydrazine groups is 1. The molecule has 0 saturated carbocycles. The third kappa shape index (κ3) is 5.61. The van der Waals surface area contributed by atoms with Gasteiger partial charge in [0.15, 0.2) is 6.61 Å². The fraction of sp³-hybridized carbons (Fsp3) is 0.273. The van der Waals surface area contributed by atoms with Crippen LogP contribution in [0.25, 0.3) is 0 Å². The zero-order chi connectivity index (χ0) is 22.5. The molecule has 1 fully saturated rings. The van der Waals surface area contributed by atoms with Crippen molar-refractivity contribution in [2.45, 2.75) is 20.3 Å². The molecule has 1 saturated heterocycles. The second-order valence-corrected chi connectivity index (χ2v) is 7.71. The van der Waals surface area contributed by atoms with Crippen LogP contribution in [0.2, 0.25) is 5.02 Å². The summed E-state index contributed by atoms with van der Waals surface area (Å²) in [6, 6.07) is 12.0. The van der Waals surface area contributed by atoms with Gasteiger partial charge in [0.25, 0.3) is 11.8 Å². The van der Waals surface area contributed by atoms with Crippen LogP contribution in [0.15, 0.2) is 42.5 Å². The Morgan fingerprint density at radius 1 is 1.13 bits per heavy atom. The fourth-order valence-corrected chi connectivity index (χ4v) is 3.33. The van der Waals surface area contributed by atoms with Gasteiger partial charge in [-0.25, -0.2) is 0 Å². The minimum Gasteiger partial charge on any atom is -0.455 e. The van der Waals surface area contributed by atoms with Gasteiger partial charge in [-0.15, -0.1) is 0 Å². The van der Waals surface area contributed by atoms with Crippen LogP contribution in [0.3, 0.4) is 0 Å². The van der Waals surface area contributed by atoms with Gasteiger partial charge in [-0.3, -0.25) is 29.6 Å². The number of amides is 3. The van der Waals surface area contributed by atoms with Gasteiger partial charge >= 0.3 is 5.97 Å². The van der Waals surface area contributed by atoms with Crippen LogP contribution in [0.1, 0.15) is 27.9 Å². The molecule has 1 aliphatic heterocycles. The van der Waals surface area contributed by atoms with E-state index < -0.39 is 36.2 Å². The molecule has 1 aliphatic rings. The van der Waals surface area contributed by atoms with E-state index in [0.717, 1.165) is 16.1 Å². The predicted molar refractivity (Wildman–Crippen MR) is 114 cm³/mol. The summed E-state index contributed by atoms with van der Waals surface area (Å²) in [5, 5.41) is 4.20. The van der Waals surface area contributed by atoms with Gasteiger partial charge < -0.3 is 10.1 Å². The number of aryl methyl sites for hydroxylation is 2. The van der Waals surface area contributed by atoms with Crippen LogP contribution in [0, 0.1) is 19.8 Å². The van der Waals surface area contributed by atoms with Crippen LogP contribution >= 0.6 is 11.6 Å². The zero-order valence-electron chi connectivity index (χ0n) is 17.1. The van der Waals surface area contributed by atoms with Crippen molar-refractivity contribution in [3.8, 4) is 0 Å². The van der Waals surface area contributed by atoms with Crippen LogP contribution in [-0.4, -0.2) is 41.9 Å². The average molecular weight is 444 g/mol. The van der Waals surface area contributed by atoms with E-state index in [1.807, 2.05) is 13.0 Å². The highest BCUT2D eigenvalue weighted by atomic mass is 35.5. The molecule has 2 N–H and O–H groups in total. The van der Waals surface area contributed by atoms with Gasteiger partial charge in [0, 0.05) is 22.7 Å². The number of ether oxygens (including phenoxy) is 1. The number of hydrogen-bond acceptors (Lipinski definition) is 5. The highest BCUT2D eigenvalue weighted by Gasteiger charge is 2.36. The second kappa shape index (κ2) is 9.61. The summed E-state index contributed by atoms with van der Waals surface area (Å²) in [5.41, 5.74) is 5.06. The van der Waals surface area contributed by atoms with Gasteiger partial charge in [-0.2, -0.15) is 0 Å². The van der Waals surface area contributed by atoms with E-state index in [4.69, 9.17) is 16.3 Å². The Hall–Kier alpha value is -3.39. The minimum atomic E-state index is -0.773. The van der Waals surface area contributed by atoms with Gasteiger partial charge in [0.2, 0.25) is 5.91 Å². The van der Waals surface area contributed by atoms with Crippen LogP contribution in [0.5, 0.6) is 0 Å². The van der Waals surface area contributed by atoms with Crippen molar-refractivity contribution in [2.75, 3.05) is 18.5 Å². The molecule has 162 valence electrons. The summed E-state index contributed by atoms with van der Waals surface area (Å²) in [4.78, 5) is 49.0. The molecule has 0 unspecified atom stereocenters. The number of anilines is 1. The van der Waals surface area contributed by atoms with Crippen molar-refractivity contribution in [3.63, 3.8) is 0 Å². The number of carbonyl (C=O) groups is 4. The maximum atomic E-state index is 12.4. The molecule has 2 aromatic rings. The first-order valence-electron chi connectivity index (χ1n) is 9.64. The summed E-state index contributed by atoms with van der Waals surface area (Å²) in [6.07, 6.45) is -0.109. The molecule has 2 aromatic carbocycles. The lowest BCUT2D eigenvalue weighted by molar-refractivity contribution is -0.151. The lowest BCUT2D eigenvalue weighted by Crippen LogP contribution is -2.43. The molecule has 0 aromatic heterocycles. The Kier molecular flexibility index (Phi) is 6.91. The number of nitrogens with zero attached hydrogens (tertiary/aromatic N) is 1. The highest BCUT2D eigenvalue weighted by molar-refractivity contribution is 6.31. The van der Waals surface area contributed by atoms with Crippen molar-refractivity contribution in [1.29, 1.82) is 0 Å². The highest BCUT2D eigenvalue weighted by Crippen LogP contribution is 2.21. The van der Waals surface area contributed by atoms with Crippen molar-refractivity contribution < 1.29 is 23.9 Å². The standard InChI is InChI=1S/C22H22ClN3O5/c1-13-5-3-4-6-17(13)21(29)25-26-11-15(9-20(26)28)22(30)31-12-19(27)24-18-10-16(23)8-7-14(18)2/h3-8,10,15H,9,11-12H2,1-2H3,(H,24,27)(H,25,29)/t15-/m1/s1. The predicted octanol–water partition coefficient (Wildman–Crippen LogP) is 2.63. The molecule has 9 heteroatoms. The number of halogens is 1. The molecule has 1 heterocycles. The molecule has 0 bridgehead atoms. The summed E-state index contributed by atoms with van der Waals surface area (Å²) in [7, 11) is 0. The van der Waals surface area contributed by atoms with Crippen molar-refractivity contribution in [3.05, 3.63) is 64.2 Å². The molecule has 8 nitrogen and oxygen atoms in total. The smallest absolute Gasteiger partial charge is 0.311 e. The van der Waals surface area contributed by atoms with Gasteiger partial charge in [0.1, 0.15) is 0 Å². The summed E-state index contributed by atoms with van der Waals surface area (Å²) < 4.78 is 5.06. The quantitative estimate of drug-likeness (QED) is 0.668. The average Bonchev–Trinajstić information content (AvgIpc) is 3.09. The second-order valence-electron chi connectivity index (χ2n) is 7.28. The Bertz CT molecular complexity index is 1040. The van der Waals surface area contributed by atoms with Crippen molar-refractivity contribution >= 4 is 41.0 Å². The Morgan fingerprint density at radius 3 is 2.61 bits per heavy atom. The molecule has 0 radical (unpaired) electrons. The summed E-state index contributed by atoms with van der Waals surface area (Å²) in [5.74, 6) is -2.81. The van der Waals surface area contributed by atoms with E-state index in [9.17, 15) is 19.2 Å². The number of benzene rings is 2. The fourth-order valence-electron chi connectivity index (χ4n) is 3.15. The molecule has 31 heavy (non-hydrogen) atoms. The van der Waals surface area contributed by atoms with E-state index in [-0.39, 0.29) is 13.0 Å². The lowest BCUT2D eigenvalue weighted by atomic mass is 10.1. The molecule has 1 atom stereocenters. The number of carbonyl (C=O) groups excluding carboxylic acids is 4. The largest absolute Gasteiger partial charge is 0.455 e. The van der Waals surface area contributed by atoms with Crippen LogP contribution in [-0.2, 0) is 19.1 Å². The third-order valence-electron chi connectivity index (χ3n) is 4.90.